The number of ether oxygens (including phenoxy) is 1. The van der Waals surface area contributed by atoms with Crippen molar-refractivity contribution in [1.82, 2.24) is 20.3 Å². The third kappa shape index (κ3) is 5.02. The van der Waals surface area contributed by atoms with E-state index in [1.807, 2.05) is 5.32 Å². The van der Waals surface area contributed by atoms with Gasteiger partial charge in [0.05, 0.1) is 12.3 Å². The van der Waals surface area contributed by atoms with Crippen LogP contribution in [-0.4, -0.2) is 50.7 Å². The number of carbonyl (C=O) groups excluding carboxylic acids is 2. The van der Waals surface area contributed by atoms with Gasteiger partial charge in [0.15, 0.2) is 0 Å². The summed E-state index contributed by atoms with van der Waals surface area (Å²) in [5.41, 5.74) is 5.68. The average molecular weight is 285 g/mol. The molecule has 0 fully saturated rings. The number of alkyl carbamates (subject to hydrolysis) is 1. The van der Waals surface area contributed by atoms with Crippen molar-refractivity contribution in [2.45, 2.75) is 25.9 Å². The van der Waals surface area contributed by atoms with E-state index in [9.17, 15) is 14.4 Å². The van der Waals surface area contributed by atoms with E-state index in [2.05, 4.69) is 15.0 Å². The van der Waals surface area contributed by atoms with Crippen molar-refractivity contribution in [3.8, 4) is 0 Å². The third-order valence-corrected chi connectivity index (χ3v) is 2.15. The number of aliphatic carboxylic acids is 1. The van der Waals surface area contributed by atoms with Gasteiger partial charge >= 0.3 is 12.1 Å². The molecule has 0 aliphatic heterocycles. The molecule has 1 aromatic rings. The first-order valence-corrected chi connectivity index (χ1v) is 5.76. The zero-order chi connectivity index (χ0) is 15.1. The van der Waals surface area contributed by atoms with Gasteiger partial charge in [0.1, 0.15) is 12.6 Å². The van der Waals surface area contributed by atoms with Crippen LogP contribution in [0.5, 0.6) is 0 Å². The zero-order valence-corrected chi connectivity index (χ0v) is 10.8. The van der Waals surface area contributed by atoms with E-state index in [1.165, 1.54) is 10.9 Å². The standard InChI is InChI=1S/C10H15N5O5/c1-2-20-10(19)12-8(16)5-15-4-6(13-14-15)3-7(11)9(17)18/h4,7H,2-3,5,11H2,1H3,(H,17,18)(H,12,16,19). The summed E-state index contributed by atoms with van der Waals surface area (Å²) in [6.45, 7) is 1.52. The van der Waals surface area contributed by atoms with Gasteiger partial charge in [0.2, 0.25) is 0 Å². The molecule has 1 atom stereocenters. The monoisotopic (exact) mass is 285 g/mol. The van der Waals surface area contributed by atoms with Crippen molar-refractivity contribution in [1.29, 1.82) is 0 Å². The van der Waals surface area contributed by atoms with Crippen molar-refractivity contribution < 1.29 is 24.2 Å². The van der Waals surface area contributed by atoms with E-state index in [-0.39, 0.29) is 19.6 Å². The lowest BCUT2D eigenvalue weighted by Crippen LogP contribution is -2.34. The van der Waals surface area contributed by atoms with Crippen LogP contribution in [0.1, 0.15) is 12.6 Å². The summed E-state index contributed by atoms with van der Waals surface area (Å²) in [5.74, 6) is -1.78. The SMILES string of the molecule is CCOC(=O)NC(=O)Cn1cc(CC(N)C(=O)O)nn1. The molecule has 1 unspecified atom stereocenters. The quantitative estimate of drug-likeness (QED) is 0.571. The van der Waals surface area contributed by atoms with Crippen molar-refractivity contribution >= 4 is 18.0 Å². The smallest absolute Gasteiger partial charge is 0.413 e. The molecule has 1 aromatic heterocycles. The van der Waals surface area contributed by atoms with Gasteiger partial charge in [0.25, 0.3) is 5.91 Å². The van der Waals surface area contributed by atoms with Gasteiger partial charge in [-0.15, -0.1) is 5.10 Å². The summed E-state index contributed by atoms with van der Waals surface area (Å²) in [4.78, 5) is 33.0. The Morgan fingerprint density at radius 1 is 1.55 bits per heavy atom. The second-order valence-corrected chi connectivity index (χ2v) is 3.82. The lowest BCUT2D eigenvalue weighted by molar-refractivity contribution is -0.138. The Kier molecular flexibility index (Phi) is 5.59. The molecule has 0 aliphatic rings. The zero-order valence-electron chi connectivity index (χ0n) is 10.8. The molecule has 10 heteroatoms. The molecule has 110 valence electrons. The number of carbonyl (C=O) groups is 3. The number of carboxylic acids is 1. The molecule has 1 heterocycles. The van der Waals surface area contributed by atoms with Crippen molar-refractivity contribution in [3.05, 3.63) is 11.9 Å². The maximum absolute atomic E-state index is 11.4. The number of hydrogen-bond donors (Lipinski definition) is 3. The van der Waals surface area contributed by atoms with Crippen LogP contribution in [0.15, 0.2) is 6.20 Å². The molecule has 4 N–H and O–H groups in total. The fourth-order valence-corrected chi connectivity index (χ4v) is 1.29. The highest BCUT2D eigenvalue weighted by molar-refractivity contribution is 5.91. The fraction of sp³-hybridized carbons (Fsp3) is 0.500. The predicted octanol–water partition coefficient (Wildman–Crippen LogP) is -1.49. The van der Waals surface area contributed by atoms with Crippen LogP contribution in [0.3, 0.4) is 0 Å². The first-order chi connectivity index (χ1) is 9.42. The second kappa shape index (κ2) is 7.19. The number of carboxylic acid groups (broad SMARTS) is 1. The predicted molar refractivity (Wildman–Crippen MR) is 64.5 cm³/mol. The summed E-state index contributed by atoms with van der Waals surface area (Å²) in [6, 6.07) is -1.09. The molecule has 10 nitrogen and oxygen atoms in total. The number of nitrogens with zero attached hydrogens (tertiary/aromatic N) is 3. The summed E-state index contributed by atoms with van der Waals surface area (Å²) in [5, 5.41) is 17.9. The van der Waals surface area contributed by atoms with E-state index in [0.29, 0.717) is 5.69 Å². The molecule has 20 heavy (non-hydrogen) atoms. The topological polar surface area (TPSA) is 149 Å². The Bertz CT molecular complexity index is 500. The maximum Gasteiger partial charge on any atom is 0.413 e. The highest BCUT2D eigenvalue weighted by Gasteiger charge is 2.15. The minimum Gasteiger partial charge on any atom is -0.480 e. The van der Waals surface area contributed by atoms with Gasteiger partial charge in [-0.3, -0.25) is 14.9 Å². The summed E-state index contributed by atoms with van der Waals surface area (Å²) >= 11 is 0. The summed E-state index contributed by atoms with van der Waals surface area (Å²) in [7, 11) is 0. The minimum absolute atomic E-state index is 0.00513. The molecule has 0 bridgehead atoms. The van der Waals surface area contributed by atoms with Gasteiger partial charge in [-0.2, -0.15) is 0 Å². The number of nitrogens with two attached hydrogens (primary N) is 1. The molecule has 0 radical (unpaired) electrons. The molecule has 1 rings (SSSR count). The molecule has 0 aromatic carbocycles. The molecule has 0 spiro atoms. The van der Waals surface area contributed by atoms with Crippen LogP contribution in [-0.2, 0) is 27.3 Å². The number of hydrogen-bond acceptors (Lipinski definition) is 7. The molecule has 0 aliphatic carbocycles. The summed E-state index contributed by atoms with van der Waals surface area (Å²) in [6.07, 6.45) is 0.535. The minimum atomic E-state index is -1.15. The normalized spacial score (nSPS) is 11.7. The van der Waals surface area contributed by atoms with Gasteiger partial charge in [0, 0.05) is 12.6 Å². The Balaban J connectivity index is 2.49. The van der Waals surface area contributed by atoms with E-state index >= 15 is 0 Å². The highest BCUT2D eigenvalue weighted by atomic mass is 16.5. The Hall–Kier alpha value is -2.49. The third-order valence-electron chi connectivity index (χ3n) is 2.15. The lowest BCUT2D eigenvalue weighted by Gasteiger charge is -2.03. The molecule has 0 saturated carbocycles. The summed E-state index contributed by atoms with van der Waals surface area (Å²) < 4.78 is 5.70. The first kappa shape index (κ1) is 15.6. The van der Waals surface area contributed by atoms with Gasteiger partial charge in [-0.1, -0.05) is 5.21 Å². The number of amides is 2. The van der Waals surface area contributed by atoms with Crippen LogP contribution in [0.4, 0.5) is 4.79 Å². The van der Waals surface area contributed by atoms with Gasteiger partial charge in [-0.05, 0) is 6.92 Å². The van der Waals surface area contributed by atoms with Crippen LogP contribution in [0.25, 0.3) is 0 Å². The van der Waals surface area contributed by atoms with E-state index in [4.69, 9.17) is 10.8 Å². The number of aromatic nitrogens is 3. The molecular weight excluding hydrogens is 270 g/mol. The van der Waals surface area contributed by atoms with Crippen LogP contribution in [0, 0.1) is 0 Å². The Morgan fingerprint density at radius 3 is 2.85 bits per heavy atom. The molecular formula is C10H15N5O5. The lowest BCUT2D eigenvalue weighted by atomic mass is 10.2. The van der Waals surface area contributed by atoms with E-state index in [0.717, 1.165) is 0 Å². The number of imide groups is 1. The van der Waals surface area contributed by atoms with Crippen LogP contribution < -0.4 is 11.1 Å². The maximum atomic E-state index is 11.4. The van der Waals surface area contributed by atoms with Gasteiger partial charge in [-0.25, -0.2) is 9.48 Å². The Morgan fingerprint density at radius 2 is 2.25 bits per heavy atom. The van der Waals surface area contributed by atoms with E-state index in [1.54, 1.807) is 6.92 Å². The highest BCUT2D eigenvalue weighted by Crippen LogP contribution is 1.98. The van der Waals surface area contributed by atoms with E-state index < -0.39 is 24.0 Å². The second-order valence-electron chi connectivity index (χ2n) is 3.82. The number of nitrogens with one attached hydrogen (secondary N) is 1. The largest absolute Gasteiger partial charge is 0.480 e. The van der Waals surface area contributed by atoms with Crippen molar-refractivity contribution in [2.75, 3.05) is 6.61 Å². The average Bonchev–Trinajstić information content (AvgIpc) is 2.76. The Labute approximate surface area is 113 Å². The van der Waals surface area contributed by atoms with Crippen LogP contribution >= 0.6 is 0 Å². The molecule has 0 saturated heterocycles. The van der Waals surface area contributed by atoms with Crippen molar-refractivity contribution in [3.63, 3.8) is 0 Å². The van der Waals surface area contributed by atoms with Crippen molar-refractivity contribution in [2.24, 2.45) is 5.73 Å². The van der Waals surface area contributed by atoms with Gasteiger partial charge < -0.3 is 15.6 Å². The fourth-order valence-electron chi connectivity index (χ4n) is 1.29. The molecule has 2 amide bonds. The first-order valence-electron chi connectivity index (χ1n) is 5.76. The number of rotatable bonds is 6. The van der Waals surface area contributed by atoms with Crippen LogP contribution in [0.2, 0.25) is 0 Å².